The molecule has 1 aromatic carbocycles. The van der Waals surface area contributed by atoms with Gasteiger partial charge in [-0.05, 0) is 31.5 Å². The minimum absolute atomic E-state index is 0.114. The lowest BCUT2D eigenvalue weighted by Gasteiger charge is -2.20. The molecule has 0 unspecified atom stereocenters. The van der Waals surface area contributed by atoms with Gasteiger partial charge in [0.25, 0.3) is 0 Å². The van der Waals surface area contributed by atoms with E-state index in [4.69, 9.17) is 10.5 Å². The zero-order valence-corrected chi connectivity index (χ0v) is 11.2. The molecule has 100 valence electrons. The third kappa shape index (κ3) is 4.75. The Morgan fingerprint density at radius 1 is 1.39 bits per heavy atom. The number of nitrogen functional groups attached to an aromatic ring is 1. The molecule has 0 radical (unpaired) electrons. The van der Waals surface area contributed by atoms with Gasteiger partial charge >= 0.3 is 0 Å². The maximum absolute atomic E-state index is 12.1. The second kappa shape index (κ2) is 7.71. The zero-order chi connectivity index (χ0) is 13.4. The molecule has 0 saturated carbocycles. The second-order valence-electron chi connectivity index (χ2n) is 4.09. The Morgan fingerprint density at radius 3 is 2.78 bits per heavy atom. The molecule has 0 aromatic heterocycles. The van der Waals surface area contributed by atoms with Crippen LogP contribution in [-0.4, -0.2) is 37.1 Å². The van der Waals surface area contributed by atoms with Crippen molar-refractivity contribution in [1.82, 2.24) is 4.90 Å². The first-order valence-corrected chi connectivity index (χ1v) is 6.37. The first-order chi connectivity index (χ1) is 8.67. The van der Waals surface area contributed by atoms with Crippen LogP contribution in [0.1, 0.15) is 19.4 Å². The fourth-order valence-corrected chi connectivity index (χ4v) is 1.77. The molecule has 1 amide bonds. The lowest BCUT2D eigenvalue weighted by molar-refractivity contribution is -0.131. The normalized spacial score (nSPS) is 10.3. The van der Waals surface area contributed by atoms with Crippen molar-refractivity contribution >= 4 is 11.6 Å². The highest BCUT2D eigenvalue weighted by atomic mass is 16.5. The first-order valence-electron chi connectivity index (χ1n) is 6.37. The molecular weight excluding hydrogens is 228 g/mol. The number of carbonyl (C=O) groups excluding carboxylic acids is 1. The number of anilines is 1. The van der Waals surface area contributed by atoms with Crippen LogP contribution in [0.2, 0.25) is 0 Å². The van der Waals surface area contributed by atoms with E-state index in [1.807, 2.05) is 38.1 Å². The van der Waals surface area contributed by atoms with E-state index in [1.165, 1.54) is 0 Å². The summed E-state index contributed by atoms with van der Waals surface area (Å²) in [5, 5.41) is 0. The quantitative estimate of drug-likeness (QED) is 0.592. The number of hydrogen-bond acceptors (Lipinski definition) is 3. The Labute approximate surface area is 109 Å². The highest BCUT2D eigenvalue weighted by Gasteiger charge is 2.11. The lowest BCUT2D eigenvalue weighted by Crippen LogP contribution is -2.35. The zero-order valence-electron chi connectivity index (χ0n) is 11.2. The highest BCUT2D eigenvalue weighted by Crippen LogP contribution is 2.08. The van der Waals surface area contributed by atoms with Gasteiger partial charge in [0.05, 0.1) is 13.0 Å². The van der Waals surface area contributed by atoms with Crippen LogP contribution in [0.15, 0.2) is 24.3 Å². The van der Waals surface area contributed by atoms with Crippen molar-refractivity contribution in [3.63, 3.8) is 0 Å². The largest absolute Gasteiger partial charge is 0.399 e. The molecule has 4 heteroatoms. The van der Waals surface area contributed by atoms with Gasteiger partial charge in [-0.2, -0.15) is 0 Å². The lowest BCUT2D eigenvalue weighted by atomic mass is 10.1. The van der Waals surface area contributed by atoms with Crippen LogP contribution in [0.4, 0.5) is 5.69 Å². The van der Waals surface area contributed by atoms with Crippen molar-refractivity contribution in [3.05, 3.63) is 29.8 Å². The molecule has 18 heavy (non-hydrogen) atoms. The van der Waals surface area contributed by atoms with Crippen molar-refractivity contribution < 1.29 is 9.53 Å². The van der Waals surface area contributed by atoms with Crippen LogP contribution < -0.4 is 5.73 Å². The summed E-state index contributed by atoms with van der Waals surface area (Å²) < 4.78 is 5.27. The van der Waals surface area contributed by atoms with Gasteiger partial charge in [-0.1, -0.05) is 12.1 Å². The molecule has 0 saturated heterocycles. The number of likely N-dealkylation sites (N-methyl/N-ethyl adjacent to an activating group) is 1. The van der Waals surface area contributed by atoms with Crippen molar-refractivity contribution in [2.24, 2.45) is 0 Å². The van der Waals surface area contributed by atoms with Crippen LogP contribution in [0.3, 0.4) is 0 Å². The van der Waals surface area contributed by atoms with Gasteiger partial charge in [0.2, 0.25) is 5.91 Å². The summed E-state index contributed by atoms with van der Waals surface area (Å²) in [4.78, 5) is 13.9. The minimum atomic E-state index is 0.114. The van der Waals surface area contributed by atoms with E-state index < -0.39 is 0 Å². The number of hydrogen-bond donors (Lipinski definition) is 1. The molecule has 4 nitrogen and oxygen atoms in total. The number of carbonyl (C=O) groups is 1. The van der Waals surface area contributed by atoms with E-state index in [2.05, 4.69) is 0 Å². The molecule has 1 aromatic rings. The van der Waals surface area contributed by atoms with Crippen molar-refractivity contribution in [3.8, 4) is 0 Å². The second-order valence-corrected chi connectivity index (χ2v) is 4.09. The molecule has 0 heterocycles. The Hall–Kier alpha value is -1.55. The van der Waals surface area contributed by atoms with Gasteiger partial charge in [-0.25, -0.2) is 0 Å². The Morgan fingerprint density at radius 2 is 2.17 bits per heavy atom. The molecule has 0 spiro atoms. The van der Waals surface area contributed by atoms with E-state index in [0.29, 0.717) is 38.4 Å². The first kappa shape index (κ1) is 14.5. The SMILES string of the molecule is CCOCCN(CC)C(=O)Cc1cccc(N)c1. The third-order valence-electron chi connectivity index (χ3n) is 2.75. The number of nitrogens with two attached hydrogens (primary N) is 1. The number of benzene rings is 1. The predicted octanol–water partition coefficient (Wildman–Crippen LogP) is 1.70. The molecule has 1 rings (SSSR count). The third-order valence-corrected chi connectivity index (χ3v) is 2.75. The monoisotopic (exact) mass is 250 g/mol. The molecule has 2 N–H and O–H groups in total. The van der Waals surface area contributed by atoms with E-state index in [0.717, 1.165) is 5.56 Å². The number of ether oxygens (including phenoxy) is 1. The van der Waals surface area contributed by atoms with E-state index in [1.54, 1.807) is 4.90 Å². The molecule has 0 atom stereocenters. The van der Waals surface area contributed by atoms with Crippen LogP contribution in [0.25, 0.3) is 0 Å². The standard InChI is InChI=1S/C14H22N2O2/c1-3-16(8-9-18-4-2)14(17)11-12-6-5-7-13(15)10-12/h5-7,10H,3-4,8-9,11,15H2,1-2H3. The number of rotatable bonds is 7. The minimum Gasteiger partial charge on any atom is -0.399 e. The van der Waals surface area contributed by atoms with Gasteiger partial charge in [0.1, 0.15) is 0 Å². The van der Waals surface area contributed by atoms with Gasteiger partial charge in [0.15, 0.2) is 0 Å². The fraction of sp³-hybridized carbons (Fsp3) is 0.500. The molecule has 0 aliphatic heterocycles. The molecular formula is C14H22N2O2. The summed E-state index contributed by atoms with van der Waals surface area (Å²) in [5.74, 6) is 0.114. The Balaban J connectivity index is 2.51. The van der Waals surface area contributed by atoms with Gasteiger partial charge in [0, 0.05) is 25.4 Å². The maximum atomic E-state index is 12.1. The molecule has 0 aliphatic rings. The molecule has 0 aliphatic carbocycles. The maximum Gasteiger partial charge on any atom is 0.227 e. The van der Waals surface area contributed by atoms with Crippen LogP contribution >= 0.6 is 0 Å². The van der Waals surface area contributed by atoms with Crippen LogP contribution in [0, 0.1) is 0 Å². The summed E-state index contributed by atoms with van der Waals surface area (Å²) in [6, 6.07) is 7.45. The Kier molecular flexibility index (Phi) is 6.22. The Bertz CT molecular complexity index is 380. The van der Waals surface area contributed by atoms with E-state index >= 15 is 0 Å². The fourth-order valence-electron chi connectivity index (χ4n) is 1.77. The van der Waals surface area contributed by atoms with Gasteiger partial charge < -0.3 is 15.4 Å². The van der Waals surface area contributed by atoms with Crippen LogP contribution in [-0.2, 0) is 16.0 Å². The summed E-state index contributed by atoms with van der Waals surface area (Å²) in [7, 11) is 0. The van der Waals surface area contributed by atoms with E-state index in [9.17, 15) is 4.79 Å². The number of nitrogens with zero attached hydrogens (tertiary/aromatic N) is 1. The summed E-state index contributed by atoms with van der Waals surface area (Å²) in [6.45, 7) is 6.54. The van der Waals surface area contributed by atoms with Crippen molar-refractivity contribution in [2.75, 3.05) is 32.0 Å². The summed E-state index contributed by atoms with van der Waals surface area (Å²) >= 11 is 0. The average Bonchev–Trinajstić information content (AvgIpc) is 2.34. The highest BCUT2D eigenvalue weighted by molar-refractivity contribution is 5.79. The molecule has 0 fully saturated rings. The predicted molar refractivity (Wildman–Crippen MR) is 73.3 cm³/mol. The summed E-state index contributed by atoms with van der Waals surface area (Å²) in [6.07, 6.45) is 0.394. The van der Waals surface area contributed by atoms with Gasteiger partial charge in [-0.3, -0.25) is 4.79 Å². The van der Waals surface area contributed by atoms with Crippen LogP contribution in [0.5, 0.6) is 0 Å². The summed E-state index contributed by atoms with van der Waals surface area (Å²) in [5.41, 5.74) is 7.34. The van der Waals surface area contributed by atoms with Gasteiger partial charge in [-0.15, -0.1) is 0 Å². The average molecular weight is 250 g/mol. The topological polar surface area (TPSA) is 55.6 Å². The van der Waals surface area contributed by atoms with Crippen molar-refractivity contribution in [1.29, 1.82) is 0 Å². The van der Waals surface area contributed by atoms with E-state index in [-0.39, 0.29) is 5.91 Å². The smallest absolute Gasteiger partial charge is 0.227 e. The molecule has 0 bridgehead atoms. The number of amides is 1. The van der Waals surface area contributed by atoms with Crippen molar-refractivity contribution in [2.45, 2.75) is 20.3 Å².